The fourth-order valence-corrected chi connectivity index (χ4v) is 1.88. The van der Waals surface area contributed by atoms with Gasteiger partial charge in [0.15, 0.2) is 0 Å². The SMILES string of the molecule is C=C(C)C(=O)OC(c1ccccc1)C1C=CC=C1. The maximum absolute atomic E-state index is 11.7. The highest BCUT2D eigenvalue weighted by atomic mass is 16.5. The summed E-state index contributed by atoms with van der Waals surface area (Å²) in [5, 5.41) is 0. The van der Waals surface area contributed by atoms with Crippen molar-refractivity contribution in [1.82, 2.24) is 0 Å². The Hall–Kier alpha value is -2.09. The van der Waals surface area contributed by atoms with E-state index in [-0.39, 0.29) is 18.0 Å². The van der Waals surface area contributed by atoms with E-state index in [1.807, 2.05) is 54.6 Å². The fourth-order valence-electron chi connectivity index (χ4n) is 1.88. The molecule has 18 heavy (non-hydrogen) atoms. The number of hydrogen-bond donors (Lipinski definition) is 0. The largest absolute Gasteiger partial charge is 0.453 e. The number of benzene rings is 1. The quantitative estimate of drug-likeness (QED) is 0.594. The van der Waals surface area contributed by atoms with Crippen LogP contribution in [0.4, 0.5) is 0 Å². The molecule has 1 atom stereocenters. The molecule has 92 valence electrons. The summed E-state index contributed by atoms with van der Waals surface area (Å²) in [4.78, 5) is 11.7. The molecule has 0 radical (unpaired) electrons. The minimum absolute atomic E-state index is 0.0932. The molecule has 1 aromatic carbocycles. The van der Waals surface area contributed by atoms with Gasteiger partial charge in [0, 0.05) is 11.5 Å². The zero-order chi connectivity index (χ0) is 13.0. The minimum atomic E-state index is -0.349. The number of carbonyl (C=O) groups is 1. The molecule has 0 aromatic heterocycles. The molecule has 2 nitrogen and oxygen atoms in total. The molecule has 1 aromatic rings. The third kappa shape index (κ3) is 2.77. The van der Waals surface area contributed by atoms with Gasteiger partial charge in [-0.2, -0.15) is 0 Å². The van der Waals surface area contributed by atoms with Crippen molar-refractivity contribution in [3.63, 3.8) is 0 Å². The summed E-state index contributed by atoms with van der Waals surface area (Å²) >= 11 is 0. The van der Waals surface area contributed by atoms with Crippen LogP contribution in [0.3, 0.4) is 0 Å². The molecule has 0 aliphatic heterocycles. The van der Waals surface area contributed by atoms with E-state index in [1.54, 1.807) is 6.92 Å². The van der Waals surface area contributed by atoms with E-state index < -0.39 is 0 Å². The lowest BCUT2D eigenvalue weighted by Crippen LogP contribution is -2.17. The summed E-state index contributed by atoms with van der Waals surface area (Å²) < 4.78 is 5.54. The zero-order valence-electron chi connectivity index (χ0n) is 10.4. The van der Waals surface area contributed by atoms with Crippen molar-refractivity contribution >= 4 is 5.97 Å². The van der Waals surface area contributed by atoms with Crippen LogP contribution in [0.25, 0.3) is 0 Å². The monoisotopic (exact) mass is 240 g/mol. The van der Waals surface area contributed by atoms with Gasteiger partial charge in [0.2, 0.25) is 0 Å². The molecule has 0 N–H and O–H groups in total. The molecule has 0 heterocycles. The zero-order valence-corrected chi connectivity index (χ0v) is 10.4. The minimum Gasteiger partial charge on any atom is -0.453 e. The average Bonchev–Trinajstić information content (AvgIpc) is 2.90. The van der Waals surface area contributed by atoms with E-state index in [0.717, 1.165) is 5.56 Å². The maximum Gasteiger partial charge on any atom is 0.333 e. The van der Waals surface area contributed by atoms with Gasteiger partial charge in [0.05, 0.1) is 0 Å². The lowest BCUT2D eigenvalue weighted by molar-refractivity contribution is -0.145. The van der Waals surface area contributed by atoms with Crippen LogP contribution in [0.2, 0.25) is 0 Å². The molecule has 0 spiro atoms. The predicted octanol–water partition coefficient (Wildman–Crippen LogP) is 3.59. The van der Waals surface area contributed by atoms with Crippen LogP contribution in [0.5, 0.6) is 0 Å². The van der Waals surface area contributed by atoms with E-state index in [0.29, 0.717) is 5.57 Å². The second kappa shape index (κ2) is 5.50. The summed E-state index contributed by atoms with van der Waals surface area (Å²) in [6.45, 7) is 5.28. The van der Waals surface area contributed by atoms with Gasteiger partial charge in [-0.25, -0.2) is 4.79 Å². The molecule has 0 saturated carbocycles. The van der Waals surface area contributed by atoms with Gasteiger partial charge < -0.3 is 4.74 Å². The van der Waals surface area contributed by atoms with Crippen molar-refractivity contribution in [2.45, 2.75) is 13.0 Å². The van der Waals surface area contributed by atoms with E-state index in [9.17, 15) is 4.79 Å². The number of ether oxygens (including phenoxy) is 1. The van der Waals surface area contributed by atoms with Crippen molar-refractivity contribution in [1.29, 1.82) is 0 Å². The predicted molar refractivity (Wildman–Crippen MR) is 71.9 cm³/mol. The summed E-state index contributed by atoms with van der Waals surface area (Å²) in [6, 6.07) is 9.77. The molecule has 0 fully saturated rings. The lowest BCUT2D eigenvalue weighted by atomic mass is 9.97. The van der Waals surface area contributed by atoms with E-state index in [1.165, 1.54) is 0 Å². The Labute approximate surface area is 107 Å². The first-order chi connectivity index (χ1) is 8.68. The summed E-state index contributed by atoms with van der Waals surface area (Å²) in [7, 11) is 0. The van der Waals surface area contributed by atoms with Gasteiger partial charge in [0.25, 0.3) is 0 Å². The van der Waals surface area contributed by atoms with Crippen molar-refractivity contribution in [3.05, 3.63) is 72.4 Å². The molecule has 1 aliphatic rings. The first-order valence-electron chi connectivity index (χ1n) is 5.95. The van der Waals surface area contributed by atoms with Crippen LogP contribution in [0, 0.1) is 5.92 Å². The van der Waals surface area contributed by atoms with E-state index in [2.05, 4.69) is 6.58 Å². The average molecular weight is 240 g/mol. The normalized spacial score (nSPS) is 15.6. The number of rotatable bonds is 4. The molecule has 2 heteroatoms. The molecule has 0 bridgehead atoms. The topological polar surface area (TPSA) is 26.3 Å². The first kappa shape index (κ1) is 12.4. The third-order valence-electron chi connectivity index (χ3n) is 2.84. The summed E-state index contributed by atoms with van der Waals surface area (Å²) in [5.74, 6) is -0.256. The smallest absolute Gasteiger partial charge is 0.333 e. The Kier molecular flexibility index (Phi) is 3.78. The fraction of sp³-hybridized carbons (Fsp3) is 0.188. The number of esters is 1. The molecule has 1 aliphatic carbocycles. The van der Waals surface area contributed by atoms with E-state index >= 15 is 0 Å². The Morgan fingerprint density at radius 2 is 1.83 bits per heavy atom. The van der Waals surface area contributed by atoms with Crippen LogP contribution >= 0.6 is 0 Å². The van der Waals surface area contributed by atoms with Gasteiger partial charge in [-0.3, -0.25) is 0 Å². The summed E-state index contributed by atoms with van der Waals surface area (Å²) in [5.41, 5.74) is 1.41. The third-order valence-corrected chi connectivity index (χ3v) is 2.84. The standard InChI is InChI=1S/C16H16O2/c1-12(2)16(17)18-15(14-10-6-7-11-14)13-8-4-3-5-9-13/h3-11,14-15H,1H2,2H3. The van der Waals surface area contributed by atoms with E-state index in [4.69, 9.17) is 4.74 Å². The number of carbonyl (C=O) groups excluding carboxylic acids is 1. The molecule has 2 rings (SSSR count). The highest BCUT2D eigenvalue weighted by Gasteiger charge is 2.24. The number of hydrogen-bond acceptors (Lipinski definition) is 2. The van der Waals surface area contributed by atoms with Crippen LogP contribution in [-0.4, -0.2) is 5.97 Å². The number of allylic oxidation sites excluding steroid dienone is 2. The Morgan fingerprint density at radius 1 is 1.22 bits per heavy atom. The van der Waals surface area contributed by atoms with Crippen LogP contribution in [0.1, 0.15) is 18.6 Å². The Balaban J connectivity index is 2.23. The Bertz CT molecular complexity index is 485. The second-order valence-electron chi connectivity index (χ2n) is 4.36. The van der Waals surface area contributed by atoms with Crippen molar-refractivity contribution < 1.29 is 9.53 Å². The lowest BCUT2D eigenvalue weighted by Gasteiger charge is -2.22. The van der Waals surface area contributed by atoms with Crippen LogP contribution in [0.15, 0.2) is 66.8 Å². The maximum atomic E-state index is 11.7. The molecule has 0 saturated heterocycles. The van der Waals surface area contributed by atoms with Gasteiger partial charge >= 0.3 is 5.97 Å². The first-order valence-corrected chi connectivity index (χ1v) is 5.95. The van der Waals surface area contributed by atoms with Crippen molar-refractivity contribution in [3.8, 4) is 0 Å². The molecule has 1 unspecified atom stereocenters. The van der Waals surface area contributed by atoms with Crippen LogP contribution in [-0.2, 0) is 9.53 Å². The van der Waals surface area contributed by atoms with Crippen LogP contribution < -0.4 is 0 Å². The second-order valence-corrected chi connectivity index (χ2v) is 4.36. The Morgan fingerprint density at radius 3 is 2.39 bits per heavy atom. The highest BCUT2D eigenvalue weighted by molar-refractivity contribution is 5.87. The van der Waals surface area contributed by atoms with Gasteiger partial charge in [-0.05, 0) is 12.5 Å². The van der Waals surface area contributed by atoms with Gasteiger partial charge in [-0.15, -0.1) is 0 Å². The summed E-state index contributed by atoms with van der Waals surface area (Å²) in [6.07, 6.45) is 7.71. The van der Waals surface area contributed by atoms with Gasteiger partial charge in [-0.1, -0.05) is 61.2 Å². The molecule has 0 amide bonds. The highest BCUT2D eigenvalue weighted by Crippen LogP contribution is 2.31. The van der Waals surface area contributed by atoms with Crippen molar-refractivity contribution in [2.75, 3.05) is 0 Å². The van der Waals surface area contributed by atoms with Gasteiger partial charge in [0.1, 0.15) is 6.10 Å². The molecular weight excluding hydrogens is 224 g/mol. The van der Waals surface area contributed by atoms with Crippen molar-refractivity contribution in [2.24, 2.45) is 5.92 Å². The molecular formula is C16H16O2.